The van der Waals surface area contributed by atoms with Gasteiger partial charge in [-0.25, -0.2) is 0 Å². The van der Waals surface area contributed by atoms with E-state index in [0.717, 1.165) is 25.3 Å². The maximum absolute atomic E-state index is 11.8. The van der Waals surface area contributed by atoms with Gasteiger partial charge in [-0.05, 0) is 13.3 Å². The van der Waals surface area contributed by atoms with Crippen molar-refractivity contribution in [3.8, 4) is 0 Å². The van der Waals surface area contributed by atoms with E-state index in [0.29, 0.717) is 11.2 Å². The third-order valence-corrected chi connectivity index (χ3v) is 4.06. The van der Waals surface area contributed by atoms with Crippen molar-refractivity contribution in [2.75, 3.05) is 18.8 Å². The molecule has 1 saturated heterocycles. The average molecular weight is 230 g/mol. The van der Waals surface area contributed by atoms with E-state index in [1.54, 1.807) is 0 Å². The molecule has 0 aliphatic carbocycles. The molecule has 15 heavy (non-hydrogen) atoms. The lowest BCUT2D eigenvalue weighted by Crippen LogP contribution is -2.36. The summed E-state index contributed by atoms with van der Waals surface area (Å²) in [5.41, 5.74) is 5.64. The number of thioether (sulfide) groups is 1. The van der Waals surface area contributed by atoms with Crippen LogP contribution in [0.25, 0.3) is 0 Å². The first kappa shape index (κ1) is 12.8. The summed E-state index contributed by atoms with van der Waals surface area (Å²) in [7, 11) is 0. The second-order valence-electron chi connectivity index (χ2n) is 4.92. The highest BCUT2D eigenvalue weighted by atomic mass is 32.2. The molecule has 0 saturated carbocycles. The van der Waals surface area contributed by atoms with Gasteiger partial charge in [0.1, 0.15) is 0 Å². The molecule has 1 aliphatic heterocycles. The Morgan fingerprint density at radius 2 is 2.20 bits per heavy atom. The molecular weight excluding hydrogens is 208 g/mol. The number of carbonyl (C=O) groups is 1. The summed E-state index contributed by atoms with van der Waals surface area (Å²) in [5, 5.41) is 0. The Bertz CT molecular complexity index is 229. The van der Waals surface area contributed by atoms with Crippen LogP contribution in [0.3, 0.4) is 0 Å². The lowest BCUT2D eigenvalue weighted by molar-refractivity contribution is -0.131. The molecule has 1 rings (SSSR count). The van der Waals surface area contributed by atoms with Crippen LogP contribution in [0.15, 0.2) is 0 Å². The molecule has 0 aromatic heterocycles. The first-order valence-electron chi connectivity index (χ1n) is 5.58. The Balaban J connectivity index is 2.47. The van der Waals surface area contributed by atoms with Crippen LogP contribution in [-0.2, 0) is 4.79 Å². The van der Waals surface area contributed by atoms with Crippen LogP contribution < -0.4 is 5.73 Å². The largest absolute Gasteiger partial charge is 0.342 e. The SMILES string of the molecule is CC(N)CC(=O)N1CCSC(C)(C)CC1. The number of hydrogen-bond acceptors (Lipinski definition) is 3. The minimum atomic E-state index is -0.0265. The summed E-state index contributed by atoms with van der Waals surface area (Å²) < 4.78 is 0.309. The van der Waals surface area contributed by atoms with Crippen molar-refractivity contribution < 1.29 is 4.79 Å². The van der Waals surface area contributed by atoms with Gasteiger partial charge in [0.05, 0.1) is 0 Å². The van der Waals surface area contributed by atoms with E-state index < -0.39 is 0 Å². The Hall–Kier alpha value is -0.220. The fourth-order valence-corrected chi connectivity index (χ4v) is 2.77. The quantitative estimate of drug-likeness (QED) is 0.781. The van der Waals surface area contributed by atoms with Gasteiger partial charge in [-0.2, -0.15) is 11.8 Å². The van der Waals surface area contributed by atoms with Gasteiger partial charge < -0.3 is 10.6 Å². The third kappa shape index (κ3) is 4.43. The molecule has 3 nitrogen and oxygen atoms in total. The molecule has 1 aliphatic rings. The molecule has 1 unspecified atom stereocenters. The average Bonchev–Trinajstić information content (AvgIpc) is 2.25. The van der Waals surface area contributed by atoms with Crippen molar-refractivity contribution in [1.82, 2.24) is 4.90 Å². The Morgan fingerprint density at radius 1 is 1.53 bits per heavy atom. The second-order valence-corrected chi connectivity index (χ2v) is 6.72. The van der Waals surface area contributed by atoms with Crippen molar-refractivity contribution in [2.45, 2.75) is 44.4 Å². The summed E-state index contributed by atoms with van der Waals surface area (Å²) in [6.45, 7) is 8.13. The molecule has 1 heterocycles. The highest BCUT2D eigenvalue weighted by Gasteiger charge is 2.25. The third-order valence-electron chi connectivity index (χ3n) is 2.69. The Kier molecular flexibility index (Phi) is 4.46. The first-order chi connectivity index (χ1) is 6.91. The van der Waals surface area contributed by atoms with Gasteiger partial charge in [-0.15, -0.1) is 0 Å². The predicted octanol–water partition coefficient (Wildman–Crippen LogP) is 1.47. The highest BCUT2D eigenvalue weighted by Crippen LogP contribution is 2.30. The van der Waals surface area contributed by atoms with Crippen LogP contribution in [0, 0.1) is 0 Å². The fraction of sp³-hybridized carbons (Fsp3) is 0.909. The number of rotatable bonds is 2. The van der Waals surface area contributed by atoms with Crippen molar-refractivity contribution in [3.05, 3.63) is 0 Å². The Morgan fingerprint density at radius 3 is 2.80 bits per heavy atom. The number of carbonyl (C=O) groups excluding carboxylic acids is 1. The van der Waals surface area contributed by atoms with Gasteiger partial charge in [0, 0.05) is 36.1 Å². The lowest BCUT2D eigenvalue weighted by Gasteiger charge is -2.23. The van der Waals surface area contributed by atoms with Gasteiger partial charge in [0.15, 0.2) is 0 Å². The van der Waals surface area contributed by atoms with Crippen LogP contribution in [0.5, 0.6) is 0 Å². The molecule has 4 heteroatoms. The maximum Gasteiger partial charge on any atom is 0.224 e. The number of nitrogens with two attached hydrogens (primary N) is 1. The highest BCUT2D eigenvalue weighted by molar-refractivity contribution is 8.00. The van der Waals surface area contributed by atoms with Crippen LogP contribution in [0.1, 0.15) is 33.6 Å². The molecule has 0 aromatic carbocycles. The van der Waals surface area contributed by atoms with Crippen molar-refractivity contribution >= 4 is 17.7 Å². The van der Waals surface area contributed by atoms with Gasteiger partial charge in [-0.3, -0.25) is 4.79 Å². The van der Waals surface area contributed by atoms with E-state index in [1.165, 1.54) is 0 Å². The fourth-order valence-electron chi connectivity index (χ4n) is 1.67. The zero-order valence-electron chi connectivity index (χ0n) is 9.95. The first-order valence-corrected chi connectivity index (χ1v) is 6.56. The molecule has 2 N–H and O–H groups in total. The molecule has 0 bridgehead atoms. The second kappa shape index (κ2) is 5.21. The molecule has 1 fully saturated rings. The molecule has 0 radical (unpaired) electrons. The molecule has 1 amide bonds. The van der Waals surface area contributed by atoms with Gasteiger partial charge in [0.25, 0.3) is 0 Å². The summed E-state index contributed by atoms with van der Waals surface area (Å²) in [6.07, 6.45) is 1.55. The minimum absolute atomic E-state index is 0.0265. The Labute approximate surface area is 96.8 Å². The smallest absolute Gasteiger partial charge is 0.224 e. The summed E-state index contributed by atoms with van der Waals surface area (Å²) in [6, 6.07) is -0.0265. The summed E-state index contributed by atoms with van der Waals surface area (Å²) in [5.74, 6) is 1.25. The number of nitrogens with zero attached hydrogens (tertiary/aromatic N) is 1. The van der Waals surface area contributed by atoms with E-state index in [2.05, 4.69) is 13.8 Å². The molecule has 0 aromatic rings. The maximum atomic E-state index is 11.8. The molecule has 1 atom stereocenters. The lowest BCUT2D eigenvalue weighted by atomic mass is 10.1. The van der Waals surface area contributed by atoms with Crippen molar-refractivity contribution in [2.24, 2.45) is 5.73 Å². The van der Waals surface area contributed by atoms with Gasteiger partial charge in [0.2, 0.25) is 5.91 Å². The van der Waals surface area contributed by atoms with E-state index in [-0.39, 0.29) is 11.9 Å². The molecular formula is C11H22N2OS. The standard InChI is InChI=1S/C11H22N2OS/c1-9(12)8-10(14)13-5-4-11(2,3)15-7-6-13/h9H,4-8,12H2,1-3H3. The van der Waals surface area contributed by atoms with E-state index >= 15 is 0 Å². The summed E-state index contributed by atoms with van der Waals surface area (Å²) in [4.78, 5) is 13.8. The number of amides is 1. The molecule has 0 spiro atoms. The minimum Gasteiger partial charge on any atom is -0.342 e. The molecule has 88 valence electrons. The van der Waals surface area contributed by atoms with E-state index in [9.17, 15) is 4.79 Å². The zero-order valence-corrected chi connectivity index (χ0v) is 10.8. The van der Waals surface area contributed by atoms with Crippen LogP contribution in [0.2, 0.25) is 0 Å². The van der Waals surface area contributed by atoms with Gasteiger partial charge in [-0.1, -0.05) is 13.8 Å². The normalized spacial score (nSPS) is 23.3. The van der Waals surface area contributed by atoms with Crippen LogP contribution in [0.4, 0.5) is 0 Å². The van der Waals surface area contributed by atoms with Gasteiger partial charge >= 0.3 is 0 Å². The zero-order chi connectivity index (χ0) is 11.5. The van der Waals surface area contributed by atoms with Crippen molar-refractivity contribution in [3.63, 3.8) is 0 Å². The van der Waals surface area contributed by atoms with Crippen molar-refractivity contribution in [1.29, 1.82) is 0 Å². The monoisotopic (exact) mass is 230 g/mol. The summed E-state index contributed by atoms with van der Waals surface area (Å²) >= 11 is 1.96. The van der Waals surface area contributed by atoms with E-state index in [4.69, 9.17) is 5.73 Å². The number of hydrogen-bond donors (Lipinski definition) is 1. The van der Waals surface area contributed by atoms with Crippen LogP contribution in [-0.4, -0.2) is 40.4 Å². The topological polar surface area (TPSA) is 46.3 Å². The van der Waals surface area contributed by atoms with Crippen LogP contribution >= 0.6 is 11.8 Å². The van der Waals surface area contributed by atoms with E-state index in [1.807, 2.05) is 23.6 Å². The predicted molar refractivity (Wildman–Crippen MR) is 66.0 cm³/mol.